The SMILES string of the molecule is Cc1cc(C)cc(OC(=O)c2oc3c(c2C)/C(=N/NC(=O)c2cccc(C)c2)CCC3)c1. The first-order valence-corrected chi connectivity index (χ1v) is 10.7. The molecule has 2 aromatic carbocycles. The monoisotopic (exact) mass is 430 g/mol. The van der Waals surface area contributed by atoms with Crippen LogP contribution >= 0.6 is 0 Å². The Morgan fingerprint density at radius 3 is 2.44 bits per heavy atom. The number of furan rings is 1. The van der Waals surface area contributed by atoms with E-state index < -0.39 is 5.97 Å². The molecule has 1 N–H and O–H groups in total. The van der Waals surface area contributed by atoms with Crippen LogP contribution in [0, 0.1) is 27.7 Å². The maximum Gasteiger partial charge on any atom is 0.379 e. The largest absolute Gasteiger partial charge is 0.453 e. The van der Waals surface area contributed by atoms with Crippen molar-refractivity contribution in [3.63, 3.8) is 0 Å². The summed E-state index contributed by atoms with van der Waals surface area (Å²) < 4.78 is 11.5. The second-order valence-electron chi connectivity index (χ2n) is 8.29. The summed E-state index contributed by atoms with van der Waals surface area (Å²) in [7, 11) is 0. The molecule has 0 saturated carbocycles. The third kappa shape index (κ3) is 4.49. The molecule has 32 heavy (non-hydrogen) atoms. The van der Waals surface area contributed by atoms with E-state index in [1.807, 2.05) is 64.1 Å². The number of amides is 1. The predicted octanol–water partition coefficient (Wildman–Crippen LogP) is 5.20. The lowest BCUT2D eigenvalue weighted by atomic mass is 9.93. The summed E-state index contributed by atoms with van der Waals surface area (Å²) in [4.78, 5) is 25.3. The second kappa shape index (κ2) is 8.83. The van der Waals surface area contributed by atoms with Crippen molar-refractivity contribution >= 4 is 17.6 Å². The van der Waals surface area contributed by atoms with E-state index in [2.05, 4.69) is 10.5 Å². The number of hydrazone groups is 1. The Bertz CT molecular complexity index is 1220. The van der Waals surface area contributed by atoms with Crippen molar-refractivity contribution in [2.75, 3.05) is 0 Å². The van der Waals surface area contributed by atoms with E-state index in [4.69, 9.17) is 9.15 Å². The van der Waals surface area contributed by atoms with Crippen LogP contribution in [0.25, 0.3) is 0 Å². The van der Waals surface area contributed by atoms with Crippen molar-refractivity contribution < 1.29 is 18.7 Å². The van der Waals surface area contributed by atoms with Gasteiger partial charge in [-0.25, -0.2) is 10.2 Å². The van der Waals surface area contributed by atoms with Gasteiger partial charge in [-0.3, -0.25) is 4.79 Å². The zero-order chi connectivity index (χ0) is 22.8. The third-order valence-electron chi connectivity index (χ3n) is 5.49. The van der Waals surface area contributed by atoms with Gasteiger partial charge in [0.1, 0.15) is 11.5 Å². The number of nitrogens with one attached hydrogen (secondary N) is 1. The number of ether oxygens (including phenoxy) is 1. The van der Waals surface area contributed by atoms with Crippen LogP contribution in [0.1, 0.15) is 67.3 Å². The van der Waals surface area contributed by atoms with E-state index in [1.165, 1.54) is 0 Å². The number of nitrogens with zero attached hydrogens (tertiary/aromatic N) is 1. The molecule has 6 heteroatoms. The minimum Gasteiger partial charge on any atom is -0.453 e. The molecule has 1 heterocycles. The number of benzene rings is 2. The van der Waals surface area contributed by atoms with Crippen LogP contribution in [0.15, 0.2) is 52.0 Å². The minimum atomic E-state index is -0.537. The molecule has 1 aliphatic carbocycles. The Labute approximate surface area is 187 Å². The highest BCUT2D eigenvalue weighted by Crippen LogP contribution is 2.31. The van der Waals surface area contributed by atoms with Crippen molar-refractivity contribution in [1.82, 2.24) is 5.43 Å². The second-order valence-corrected chi connectivity index (χ2v) is 8.29. The van der Waals surface area contributed by atoms with Crippen LogP contribution in [0.3, 0.4) is 0 Å². The van der Waals surface area contributed by atoms with Gasteiger partial charge in [-0.2, -0.15) is 5.10 Å². The molecule has 0 aliphatic heterocycles. The van der Waals surface area contributed by atoms with Gasteiger partial charge in [0.05, 0.1) is 5.71 Å². The Hall–Kier alpha value is -3.67. The fraction of sp³-hybridized carbons (Fsp3) is 0.269. The number of esters is 1. The topological polar surface area (TPSA) is 80.9 Å². The van der Waals surface area contributed by atoms with E-state index in [-0.39, 0.29) is 11.7 Å². The van der Waals surface area contributed by atoms with Crippen molar-refractivity contribution in [3.8, 4) is 5.75 Å². The Kier molecular flexibility index (Phi) is 5.95. The highest BCUT2D eigenvalue weighted by atomic mass is 16.5. The number of aryl methyl sites for hydroxylation is 4. The number of hydrogen-bond donors (Lipinski definition) is 1. The summed E-state index contributed by atoms with van der Waals surface area (Å²) >= 11 is 0. The third-order valence-corrected chi connectivity index (χ3v) is 5.49. The van der Waals surface area contributed by atoms with Gasteiger partial charge in [0.2, 0.25) is 5.76 Å². The number of carbonyl (C=O) groups is 2. The molecule has 0 bridgehead atoms. The average molecular weight is 431 g/mol. The average Bonchev–Trinajstić information content (AvgIpc) is 3.08. The smallest absolute Gasteiger partial charge is 0.379 e. The van der Waals surface area contributed by atoms with Gasteiger partial charge in [0.15, 0.2) is 0 Å². The summed E-state index contributed by atoms with van der Waals surface area (Å²) in [6, 6.07) is 13.0. The van der Waals surface area contributed by atoms with E-state index in [0.29, 0.717) is 41.2 Å². The number of fused-ring (bicyclic) bond motifs is 1. The molecule has 0 fully saturated rings. The first kappa shape index (κ1) is 21.6. The summed E-state index contributed by atoms with van der Waals surface area (Å²) in [5, 5.41) is 4.38. The molecule has 0 spiro atoms. The number of rotatable bonds is 4. The summed E-state index contributed by atoms with van der Waals surface area (Å²) in [5.41, 5.74) is 8.40. The van der Waals surface area contributed by atoms with Crippen molar-refractivity contribution in [1.29, 1.82) is 0 Å². The fourth-order valence-electron chi connectivity index (χ4n) is 4.09. The molecular weight excluding hydrogens is 404 g/mol. The zero-order valence-corrected chi connectivity index (χ0v) is 18.7. The predicted molar refractivity (Wildman–Crippen MR) is 122 cm³/mol. The van der Waals surface area contributed by atoms with Gasteiger partial charge in [0, 0.05) is 23.1 Å². The van der Waals surface area contributed by atoms with Crippen molar-refractivity contribution in [2.24, 2.45) is 5.10 Å². The molecule has 1 aliphatic rings. The quantitative estimate of drug-likeness (QED) is 0.350. The lowest BCUT2D eigenvalue weighted by Gasteiger charge is -2.13. The Balaban J connectivity index is 1.57. The molecule has 1 aromatic heterocycles. The summed E-state index contributed by atoms with van der Waals surface area (Å²) in [6.45, 7) is 7.66. The molecule has 0 radical (unpaired) electrons. The fourth-order valence-corrected chi connectivity index (χ4v) is 4.09. The zero-order valence-electron chi connectivity index (χ0n) is 18.7. The number of hydrogen-bond acceptors (Lipinski definition) is 5. The van der Waals surface area contributed by atoms with Gasteiger partial charge < -0.3 is 9.15 Å². The van der Waals surface area contributed by atoms with Crippen LogP contribution in [0.4, 0.5) is 0 Å². The van der Waals surface area contributed by atoms with Crippen molar-refractivity contribution in [2.45, 2.75) is 47.0 Å². The summed E-state index contributed by atoms with van der Waals surface area (Å²) in [6.07, 6.45) is 2.22. The van der Waals surface area contributed by atoms with Crippen molar-refractivity contribution in [3.05, 3.63) is 87.4 Å². The standard InChI is InChI=1S/C26H26N2O4/c1-15-7-5-8-19(12-15)25(29)28-27-21-9-6-10-22-23(21)18(4)24(32-22)26(30)31-20-13-16(2)11-17(3)14-20/h5,7-8,11-14H,6,9-10H2,1-4H3,(H,28,29)/b27-21+. The molecule has 0 saturated heterocycles. The molecule has 3 aromatic rings. The highest BCUT2D eigenvalue weighted by molar-refractivity contribution is 6.06. The first-order chi connectivity index (χ1) is 15.3. The van der Waals surface area contributed by atoms with E-state index >= 15 is 0 Å². The maximum absolute atomic E-state index is 12.8. The molecular formula is C26H26N2O4. The van der Waals surface area contributed by atoms with E-state index in [0.717, 1.165) is 28.7 Å². The molecule has 6 nitrogen and oxygen atoms in total. The van der Waals surface area contributed by atoms with Crippen LogP contribution < -0.4 is 10.2 Å². The molecule has 1 amide bonds. The van der Waals surface area contributed by atoms with Gasteiger partial charge in [-0.05, 0) is 75.9 Å². The Morgan fingerprint density at radius 1 is 0.969 bits per heavy atom. The van der Waals surface area contributed by atoms with E-state index in [1.54, 1.807) is 6.07 Å². The Morgan fingerprint density at radius 2 is 1.72 bits per heavy atom. The van der Waals surface area contributed by atoms with Crippen LogP contribution in [-0.2, 0) is 6.42 Å². The first-order valence-electron chi connectivity index (χ1n) is 10.7. The molecule has 4 rings (SSSR count). The maximum atomic E-state index is 12.8. The van der Waals surface area contributed by atoms with Gasteiger partial charge in [-0.15, -0.1) is 0 Å². The van der Waals surface area contributed by atoms with Gasteiger partial charge in [-0.1, -0.05) is 23.8 Å². The molecule has 164 valence electrons. The lowest BCUT2D eigenvalue weighted by Crippen LogP contribution is -2.22. The van der Waals surface area contributed by atoms with Gasteiger partial charge >= 0.3 is 5.97 Å². The molecule has 0 unspecified atom stereocenters. The summed E-state index contributed by atoms with van der Waals surface area (Å²) in [5.74, 6) is 0.549. The highest BCUT2D eigenvalue weighted by Gasteiger charge is 2.29. The lowest BCUT2D eigenvalue weighted by molar-refractivity contribution is 0.0698. The normalized spacial score (nSPS) is 14.2. The van der Waals surface area contributed by atoms with Crippen LogP contribution in [-0.4, -0.2) is 17.6 Å². The van der Waals surface area contributed by atoms with Crippen LogP contribution in [0.5, 0.6) is 5.75 Å². The molecule has 0 atom stereocenters. The minimum absolute atomic E-state index is 0.175. The van der Waals surface area contributed by atoms with Gasteiger partial charge in [0.25, 0.3) is 5.91 Å². The number of carbonyl (C=O) groups excluding carboxylic acids is 2. The van der Waals surface area contributed by atoms with E-state index in [9.17, 15) is 9.59 Å². The van der Waals surface area contributed by atoms with Crippen LogP contribution in [0.2, 0.25) is 0 Å².